The molecule has 0 saturated carbocycles. The molecule has 9 N–H and O–H groups in total. The minimum atomic E-state index is -1.50. The van der Waals surface area contributed by atoms with E-state index in [9.17, 15) is 81.5 Å². The molecule has 0 radical (unpaired) electrons. The molecule has 15 amide bonds. The molecule has 3 fully saturated rings. The minimum Gasteiger partial charge on any atom is -0.493 e. The molecule has 8 aliphatic heterocycles. The Kier molecular flexibility index (Phi) is 43.4. The quantitative estimate of drug-likeness (QED) is 0.0252. The largest absolute Gasteiger partial charge is 0.493 e. The first kappa shape index (κ1) is 110. The van der Waals surface area contributed by atoms with Crippen LogP contribution in [0.25, 0.3) is 0 Å². The molecule has 4 aromatic carbocycles. The monoisotopic (exact) mass is 1980 g/mol. The SMILES string of the molecule is C=C1C[C@H]2CN3C(=O)OCc4ccc(cc4)NC(=O)[C@H](CCC(=O)NCCOCCOC)NC(=O)[C@H](C)CC(=O)CCOCCNC(=O)C[C@H](NC(=O)CCN4C(=O)CC(SC)C4=O)C(=O)NCCOCCC(=O)C[C@@H](C)C(=O)N[C@@H](CCC(=O)NCCOCCOC)C(=O)Nc4ccc(cc4)COC(=O)N4C[C@@H]5CC(=C)CN5C(=O)c5cc(OC)c(cc54)OCCCOc4cc3c(cc4OC)C(=O)N2C1. The van der Waals surface area contributed by atoms with Crippen molar-refractivity contribution in [2.45, 2.75) is 152 Å². The number of carbonyl (C=O) groups excluding carboxylic acids is 17. The number of nitrogens with one attached hydrogen (secondary N) is 9. The van der Waals surface area contributed by atoms with E-state index in [4.69, 9.17) is 56.8 Å². The Hall–Kier alpha value is -13.1. The van der Waals surface area contributed by atoms with Crippen LogP contribution in [0.5, 0.6) is 23.0 Å². The van der Waals surface area contributed by atoms with Crippen LogP contribution in [0.4, 0.5) is 32.3 Å². The van der Waals surface area contributed by atoms with Crippen molar-refractivity contribution in [3.8, 4) is 23.0 Å². The number of hydrogen-bond donors (Lipinski definition) is 9. The highest BCUT2D eigenvalue weighted by Gasteiger charge is 2.44. The first-order valence-corrected chi connectivity index (χ1v) is 48.1. The Morgan fingerprint density at radius 2 is 0.950 bits per heavy atom. The second kappa shape index (κ2) is 55.7. The summed E-state index contributed by atoms with van der Waals surface area (Å²) < 4.78 is 68.5. The van der Waals surface area contributed by atoms with Crippen LogP contribution in [0.1, 0.15) is 136 Å². The molecule has 0 spiro atoms. The number of anilines is 4. The van der Waals surface area contributed by atoms with Crippen molar-refractivity contribution in [1.29, 1.82) is 0 Å². The van der Waals surface area contributed by atoms with Gasteiger partial charge < -0.3 is 114 Å². The molecule has 8 heterocycles. The minimum absolute atomic E-state index is 0.000398. The van der Waals surface area contributed by atoms with Crippen molar-refractivity contribution >= 4 is 135 Å². The van der Waals surface area contributed by atoms with Crippen molar-refractivity contribution in [2.24, 2.45) is 11.8 Å². The Balaban J connectivity index is 0.853. The molecule has 1 unspecified atom stereocenters. The van der Waals surface area contributed by atoms with Crippen molar-refractivity contribution in [3.63, 3.8) is 0 Å². The van der Waals surface area contributed by atoms with Crippen LogP contribution in [0.15, 0.2) is 97.1 Å². The number of ether oxygens (including phenoxy) is 12. The lowest BCUT2D eigenvalue weighted by Gasteiger charge is -2.26. The van der Waals surface area contributed by atoms with Crippen LogP contribution >= 0.6 is 11.8 Å². The van der Waals surface area contributed by atoms with E-state index in [1.807, 2.05) is 0 Å². The zero-order valence-electron chi connectivity index (χ0n) is 80.6. The second-order valence-electron chi connectivity index (χ2n) is 34.5. The molecule has 8 atom stereocenters. The van der Waals surface area contributed by atoms with Crippen LogP contribution in [-0.4, -0.2) is 324 Å². The van der Waals surface area contributed by atoms with E-state index >= 15 is 0 Å². The lowest BCUT2D eigenvalue weighted by atomic mass is 10.0. The average molecular weight is 1990 g/mol. The molecular formula is C97H128N14O29S. The van der Waals surface area contributed by atoms with Crippen LogP contribution < -0.4 is 76.6 Å². The number of Topliss-reactive ketones (excluding diaryl/α,β-unsaturated/α-hetero) is 2. The Morgan fingerprint density at radius 1 is 0.496 bits per heavy atom. The number of imide groups is 1. The number of methoxy groups -OCH3 is 4. The number of ketones is 2. The highest BCUT2D eigenvalue weighted by Crippen LogP contribution is 2.43. The maximum Gasteiger partial charge on any atom is 0.414 e. The van der Waals surface area contributed by atoms with Crippen molar-refractivity contribution < 1.29 is 138 Å². The second-order valence-corrected chi connectivity index (χ2v) is 35.6. The predicted octanol–water partition coefficient (Wildman–Crippen LogP) is 4.38. The van der Waals surface area contributed by atoms with E-state index in [0.29, 0.717) is 50.4 Å². The van der Waals surface area contributed by atoms with Gasteiger partial charge in [0.05, 0.1) is 153 Å². The van der Waals surface area contributed by atoms with Crippen LogP contribution in [0, 0.1) is 11.8 Å². The summed E-state index contributed by atoms with van der Waals surface area (Å²) in [5.41, 5.74) is 3.58. The number of hydrogen-bond acceptors (Lipinski definition) is 30. The van der Waals surface area contributed by atoms with Gasteiger partial charge in [0.1, 0.15) is 42.9 Å². The number of thioether (sulfide) groups is 1. The summed E-state index contributed by atoms with van der Waals surface area (Å²) in [6, 6.07) is 13.5. The number of likely N-dealkylation sites (tertiary alicyclic amines) is 1. The van der Waals surface area contributed by atoms with Gasteiger partial charge >= 0.3 is 12.2 Å². The summed E-state index contributed by atoms with van der Waals surface area (Å²) in [5.74, 6) is -9.84. The van der Waals surface area contributed by atoms with Gasteiger partial charge in [-0.3, -0.25) is 86.6 Å². The van der Waals surface area contributed by atoms with Crippen LogP contribution in [0.2, 0.25) is 0 Å². The average Bonchev–Trinajstić information content (AvgIpc) is 1.63. The molecule has 4 aromatic rings. The third-order valence-corrected chi connectivity index (χ3v) is 24.8. The lowest BCUT2D eigenvalue weighted by molar-refractivity contribution is -0.139. The van der Waals surface area contributed by atoms with Gasteiger partial charge in [-0.05, 0) is 79.5 Å². The van der Waals surface area contributed by atoms with E-state index in [-0.39, 0.29) is 246 Å². The lowest BCUT2D eigenvalue weighted by Crippen LogP contribution is -2.50. The summed E-state index contributed by atoms with van der Waals surface area (Å²) in [6.07, 6.45) is -1.77. The van der Waals surface area contributed by atoms with Crippen molar-refractivity contribution in [2.75, 3.05) is 193 Å². The molecule has 44 heteroatoms. The van der Waals surface area contributed by atoms with Gasteiger partial charge in [-0.2, -0.15) is 11.8 Å². The number of fused-ring (bicyclic) bond motifs is 4. The van der Waals surface area contributed by atoms with Crippen LogP contribution in [0.3, 0.4) is 0 Å². The normalized spacial score (nSPS) is 21.8. The summed E-state index contributed by atoms with van der Waals surface area (Å²) in [7, 11) is 5.84. The summed E-state index contributed by atoms with van der Waals surface area (Å²) >= 11 is 1.19. The molecule has 0 aliphatic carbocycles. The number of nitrogens with zero attached hydrogens (tertiary/aromatic N) is 5. The number of rotatable bonds is 25. The van der Waals surface area contributed by atoms with Gasteiger partial charge in [-0.1, -0.05) is 62.4 Å². The molecule has 8 aliphatic rings. The summed E-state index contributed by atoms with van der Waals surface area (Å²) in [6.45, 7) is 11.8. The fourth-order valence-electron chi connectivity index (χ4n) is 16.2. The smallest absolute Gasteiger partial charge is 0.414 e. The molecule has 141 heavy (non-hydrogen) atoms. The Morgan fingerprint density at radius 3 is 1.38 bits per heavy atom. The predicted molar refractivity (Wildman–Crippen MR) is 512 cm³/mol. The van der Waals surface area contributed by atoms with Gasteiger partial charge in [-0.25, -0.2) is 9.59 Å². The topological polar surface area (TPSA) is 525 Å². The number of carbonyl (C=O) groups is 17. The maximum absolute atomic E-state index is 14.6. The molecule has 12 rings (SSSR count). The Bertz CT molecular complexity index is 5030. The van der Waals surface area contributed by atoms with Gasteiger partial charge in [0.25, 0.3) is 11.8 Å². The number of amides is 15. The third-order valence-electron chi connectivity index (χ3n) is 23.9. The summed E-state index contributed by atoms with van der Waals surface area (Å²) in [5, 5.41) is 23.5. The Labute approximate surface area is 821 Å². The highest BCUT2D eigenvalue weighted by molar-refractivity contribution is 8.00. The van der Waals surface area contributed by atoms with Gasteiger partial charge in [0, 0.05) is 153 Å². The standard InChI is InChI=1S/C97H128N14O29S/c1-59-43-67-55-110-76-50-80(78(131-7)47-71(76)93(124)108(67)53-59)137-31-10-32-138-81-51-77-72(48-79(81)132-8)94(125)109-54-60(2)44-68(109)56-111(77)97(128)140-58-64-13-17-66(18-14-64)103-92(123)74(20-22-84(115)99-27-37-136-42-40-130-6)106-89(120)62(4)46-70(113)25-34-134-38-29-101-90(121)75(104-85(116)23-30-107-87(118)52-82(141-9)95(107)126)49-86(117)100-28-35-133-33-24-69(112)45-61(3)88(119)105-73(19-21-83(114)98-26-36-135-41-39-129-5)91(122)102-65-15-11-63(12-16-65)57-139-96(110)127/h11-18,47-48,50-51,61-62,67-68,73-75,82H,1-2,10,19-46,49,52-58H2,3-9H3,(H,98,114)(H,99,115)(H,100,117)(H,101,121)(H,102,122)(H,103,123)(H,104,116)(H,105,119)(H,106,120)/t61-,62-,67+,68+,73+,74+,75+,82?/m1/s1. The molecular weight excluding hydrogens is 1860 g/mol. The summed E-state index contributed by atoms with van der Waals surface area (Å²) in [4.78, 5) is 241. The van der Waals surface area contributed by atoms with E-state index in [2.05, 4.69) is 61.0 Å². The van der Waals surface area contributed by atoms with E-state index in [1.165, 1.54) is 88.1 Å². The maximum atomic E-state index is 14.6. The zero-order chi connectivity index (χ0) is 102. The van der Waals surface area contributed by atoms with E-state index in [0.717, 1.165) is 16.0 Å². The molecule has 8 bridgehead atoms. The van der Waals surface area contributed by atoms with Crippen molar-refractivity contribution in [3.05, 3.63) is 119 Å². The van der Waals surface area contributed by atoms with Gasteiger partial charge in [0.15, 0.2) is 23.0 Å². The fraction of sp³-hybridized carbons (Fsp3) is 0.536. The number of benzene rings is 4. The molecule has 3 saturated heterocycles. The molecule has 0 aromatic heterocycles. The van der Waals surface area contributed by atoms with Crippen LogP contribution in [-0.2, 0) is 113 Å². The van der Waals surface area contributed by atoms with Gasteiger partial charge in [-0.15, -0.1) is 0 Å². The van der Waals surface area contributed by atoms with E-state index in [1.54, 1.807) is 64.6 Å². The van der Waals surface area contributed by atoms with Crippen molar-refractivity contribution in [1.82, 2.24) is 51.9 Å². The van der Waals surface area contributed by atoms with E-state index < -0.39 is 161 Å². The van der Waals surface area contributed by atoms with Gasteiger partial charge in [0.2, 0.25) is 65.0 Å². The fourth-order valence-corrected chi connectivity index (χ4v) is 16.8. The first-order chi connectivity index (χ1) is 67.8. The highest BCUT2D eigenvalue weighted by atomic mass is 32.2. The molecule has 766 valence electrons. The zero-order valence-corrected chi connectivity index (χ0v) is 81.4. The first-order valence-electron chi connectivity index (χ1n) is 46.9. The third kappa shape index (κ3) is 33.3. The molecule has 43 nitrogen and oxygen atoms in total.